The van der Waals surface area contributed by atoms with Gasteiger partial charge in [0.15, 0.2) is 0 Å². The number of alkyl halides is 3. The van der Waals surface area contributed by atoms with Gasteiger partial charge < -0.3 is 19.9 Å². The van der Waals surface area contributed by atoms with E-state index >= 15 is 0 Å². The normalized spacial score (nSPS) is 12.6. The summed E-state index contributed by atoms with van der Waals surface area (Å²) < 4.78 is 44.0. The van der Waals surface area contributed by atoms with E-state index in [2.05, 4.69) is 9.47 Å². The minimum Gasteiger partial charge on any atom is -0.480 e. The Morgan fingerprint density at radius 3 is 2.38 bits per heavy atom. The van der Waals surface area contributed by atoms with E-state index < -0.39 is 43.3 Å². The molecule has 122 valence electrons. The Bertz CT molecular complexity index is 371. The largest absolute Gasteiger partial charge is 0.480 e. The zero-order chi connectivity index (χ0) is 16.5. The van der Waals surface area contributed by atoms with Gasteiger partial charge in [-0.15, -0.1) is 0 Å². The van der Waals surface area contributed by atoms with E-state index in [0.29, 0.717) is 0 Å². The van der Waals surface area contributed by atoms with E-state index in [-0.39, 0.29) is 19.4 Å². The lowest BCUT2D eigenvalue weighted by atomic mass is 10.1. The fraction of sp³-hybridized carbons (Fsp3) is 0.727. The predicted octanol–water partition coefficient (Wildman–Crippen LogP) is 0.478. The minimum absolute atomic E-state index is 0.133. The Morgan fingerprint density at radius 1 is 1.29 bits per heavy atom. The van der Waals surface area contributed by atoms with Crippen molar-refractivity contribution in [3.05, 3.63) is 0 Å². The van der Waals surface area contributed by atoms with Crippen LogP contribution in [0, 0.1) is 0 Å². The fourth-order valence-corrected chi connectivity index (χ4v) is 1.25. The van der Waals surface area contributed by atoms with E-state index in [1.54, 1.807) is 6.92 Å². The van der Waals surface area contributed by atoms with Gasteiger partial charge in [0, 0.05) is 6.42 Å². The first-order chi connectivity index (χ1) is 9.65. The molecule has 2 N–H and O–H groups in total. The van der Waals surface area contributed by atoms with Gasteiger partial charge in [-0.1, -0.05) is 0 Å². The third-order valence-electron chi connectivity index (χ3n) is 2.07. The number of carboxylic acids is 1. The summed E-state index contributed by atoms with van der Waals surface area (Å²) in [5, 5.41) is 10.8. The molecule has 21 heavy (non-hydrogen) atoms. The van der Waals surface area contributed by atoms with Gasteiger partial charge in [-0.25, -0.2) is 4.79 Å². The summed E-state index contributed by atoms with van der Waals surface area (Å²) in [5.74, 6) is -3.06. The number of halogens is 3. The number of nitrogens with one attached hydrogen (secondary N) is 1. The molecule has 0 unspecified atom stereocenters. The lowest BCUT2D eigenvalue weighted by Crippen LogP contribution is -2.43. The molecule has 0 aromatic rings. The van der Waals surface area contributed by atoms with Crippen LogP contribution >= 0.6 is 0 Å². The van der Waals surface area contributed by atoms with Gasteiger partial charge in [-0.05, 0) is 13.3 Å². The molecular formula is C11H16F3NO6. The van der Waals surface area contributed by atoms with Crippen LogP contribution in [0.5, 0.6) is 0 Å². The first-order valence-corrected chi connectivity index (χ1v) is 5.98. The van der Waals surface area contributed by atoms with Crippen LogP contribution in [0.25, 0.3) is 0 Å². The highest BCUT2D eigenvalue weighted by Gasteiger charge is 2.28. The quantitative estimate of drug-likeness (QED) is 0.600. The summed E-state index contributed by atoms with van der Waals surface area (Å²) in [6, 6.07) is -1.41. The maximum Gasteiger partial charge on any atom is 0.411 e. The number of rotatable bonds is 9. The van der Waals surface area contributed by atoms with Crippen LogP contribution in [0.3, 0.4) is 0 Å². The van der Waals surface area contributed by atoms with Crippen LogP contribution in [0.4, 0.5) is 13.2 Å². The first-order valence-electron chi connectivity index (χ1n) is 5.98. The summed E-state index contributed by atoms with van der Waals surface area (Å²) in [7, 11) is 0. The molecule has 1 amide bonds. The summed E-state index contributed by atoms with van der Waals surface area (Å²) in [6.07, 6.45) is -5.05. The van der Waals surface area contributed by atoms with Crippen molar-refractivity contribution < 1.29 is 42.1 Å². The average molecular weight is 315 g/mol. The molecule has 0 aliphatic rings. The monoisotopic (exact) mass is 315 g/mol. The third kappa shape index (κ3) is 10.6. The zero-order valence-corrected chi connectivity index (χ0v) is 11.2. The summed E-state index contributed by atoms with van der Waals surface area (Å²) in [4.78, 5) is 33.1. The number of ether oxygens (including phenoxy) is 2. The van der Waals surface area contributed by atoms with Crippen LogP contribution in [0.15, 0.2) is 0 Å². The molecule has 0 aliphatic heterocycles. The van der Waals surface area contributed by atoms with Crippen LogP contribution < -0.4 is 5.32 Å². The molecule has 0 saturated heterocycles. The van der Waals surface area contributed by atoms with Crippen LogP contribution in [-0.4, -0.2) is 55.0 Å². The van der Waals surface area contributed by atoms with E-state index in [9.17, 15) is 27.6 Å². The maximum atomic E-state index is 11.8. The molecule has 7 nitrogen and oxygen atoms in total. The molecular weight excluding hydrogens is 299 g/mol. The number of carbonyl (C=O) groups is 3. The topological polar surface area (TPSA) is 102 Å². The molecule has 0 radical (unpaired) electrons. The molecule has 10 heteroatoms. The Hall–Kier alpha value is -1.84. The Kier molecular flexibility index (Phi) is 8.36. The number of esters is 1. The lowest BCUT2D eigenvalue weighted by Gasteiger charge is -2.14. The summed E-state index contributed by atoms with van der Waals surface area (Å²) >= 11 is 0. The second kappa shape index (κ2) is 9.16. The van der Waals surface area contributed by atoms with Gasteiger partial charge in [0.25, 0.3) is 0 Å². The van der Waals surface area contributed by atoms with E-state index in [1.165, 1.54) is 0 Å². The molecule has 0 aromatic heterocycles. The second-order valence-corrected chi connectivity index (χ2v) is 3.91. The smallest absolute Gasteiger partial charge is 0.411 e. The Balaban J connectivity index is 4.16. The molecule has 0 bridgehead atoms. The van der Waals surface area contributed by atoms with Gasteiger partial charge in [-0.3, -0.25) is 9.59 Å². The molecule has 0 aromatic carbocycles. The number of hydrogen-bond acceptors (Lipinski definition) is 5. The van der Waals surface area contributed by atoms with Crippen LogP contribution in [-0.2, 0) is 23.9 Å². The number of aliphatic carboxylic acids is 1. The predicted molar refractivity (Wildman–Crippen MR) is 62.3 cm³/mol. The van der Waals surface area contributed by atoms with Gasteiger partial charge in [0.1, 0.15) is 19.3 Å². The molecule has 0 rings (SSSR count). The van der Waals surface area contributed by atoms with Gasteiger partial charge in [-0.2, -0.15) is 13.2 Å². The van der Waals surface area contributed by atoms with Crippen LogP contribution in [0.1, 0.15) is 19.8 Å². The highest BCUT2D eigenvalue weighted by molar-refractivity contribution is 5.84. The van der Waals surface area contributed by atoms with Gasteiger partial charge >= 0.3 is 18.1 Å². The Morgan fingerprint density at radius 2 is 1.90 bits per heavy atom. The van der Waals surface area contributed by atoms with Crippen molar-refractivity contribution in [2.45, 2.75) is 32.0 Å². The Labute approximate surface area is 118 Å². The standard InChI is InChI=1S/C11H16F3NO6/c1-2-21-9(17)4-3-7(10(18)19)15-8(16)5-20-6-11(12,13)14/h7H,2-6H2,1H3,(H,15,16)(H,18,19)/t7-/m0/s1. The highest BCUT2D eigenvalue weighted by Crippen LogP contribution is 2.14. The van der Waals surface area contributed by atoms with Gasteiger partial charge in [0.2, 0.25) is 5.91 Å². The summed E-state index contributed by atoms with van der Waals surface area (Å²) in [5.41, 5.74) is 0. The van der Waals surface area contributed by atoms with Crippen LogP contribution in [0.2, 0.25) is 0 Å². The highest BCUT2D eigenvalue weighted by atomic mass is 19.4. The van der Waals surface area contributed by atoms with Crippen molar-refractivity contribution in [1.29, 1.82) is 0 Å². The number of carboxylic acid groups (broad SMARTS) is 1. The minimum atomic E-state index is -4.57. The van der Waals surface area contributed by atoms with E-state index in [1.807, 2.05) is 5.32 Å². The molecule has 0 fully saturated rings. The molecule has 0 aliphatic carbocycles. The molecule has 0 spiro atoms. The molecule has 0 saturated carbocycles. The van der Waals surface area contributed by atoms with E-state index in [4.69, 9.17) is 5.11 Å². The third-order valence-corrected chi connectivity index (χ3v) is 2.07. The number of hydrogen-bond donors (Lipinski definition) is 2. The average Bonchev–Trinajstić information content (AvgIpc) is 2.32. The van der Waals surface area contributed by atoms with Crippen molar-refractivity contribution in [3.8, 4) is 0 Å². The number of amides is 1. The first kappa shape index (κ1) is 19.2. The number of carbonyl (C=O) groups excluding carboxylic acids is 2. The molecule has 1 atom stereocenters. The lowest BCUT2D eigenvalue weighted by molar-refractivity contribution is -0.176. The zero-order valence-electron chi connectivity index (χ0n) is 11.2. The fourth-order valence-electron chi connectivity index (χ4n) is 1.25. The SMILES string of the molecule is CCOC(=O)CC[C@H](NC(=O)COCC(F)(F)F)C(=O)O. The van der Waals surface area contributed by atoms with Crippen molar-refractivity contribution >= 4 is 17.8 Å². The van der Waals surface area contributed by atoms with Crippen molar-refractivity contribution in [2.24, 2.45) is 0 Å². The van der Waals surface area contributed by atoms with E-state index in [0.717, 1.165) is 0 Å². The van der Waals surface area contributed by atoms with Crippen molar-refractivity contribution in [2.75, 3.05) is 19.8 Å². The second-order valence-electron chi connectivity index (χ2n) is 3.91. The van der Waals surface area contributed by atoms with Crippen molar-refractivity contribution in [3.63, 3.8) is 0 Å². The summed E-state index contributed by atoms with van der Waals surface area (Å²) in [6.45, 7) is -0.829. The van der Waals surface area contributed by atoms with Crippen molar-refractivity contribution in [1.82, 2.24) is 5.32 Å². The van der Waals surface area contributed by atoms with Gasteiger partial charge in [0.05, 0.1) is 6.61 Å². The molecule has 0 heterocycles. The maximum absolute atomic E-state index is 11.8.